The van der Waals surface area contributed by atoms with Gasteiger partial charge in [0, 0.05) is 35.5 Å². The molecule has 0 aliphatic heterocycles. The van der Waals surface area contributed by atoms with Gasteiger partial charge in [0.2, 0.25) is 5.91 Å². The lowest BCUT2D eigenvalue weighted by molar-refractivity contribution is -0.162. The molecule has 4 aromatic rings. The first-order chi connectivity index (χ1) is 18.0. The van der Waals surface area contributed by atoms with Gasteiger partial charge in [-0.3, -0.25) is 14.6 Å². The van der Waals surface area contributed by atoms with Crippen LogP contribution in [0.1, 0.15) is 52.3 Å². The molecule has 8 heteroatoms. The smallest absolute Gasteiger partial charge is 0.319 e. The number of hydrogen-bond acceptors (Lipinski definition) is 5. The highest BCUT2D eigenvalue weighted by molar-refractivity contribution is 6.05. The van der Waals surface area contributed by atoms with Gasteiger partial charge in [0.1, 0.15) is 28.8 Å². The average Bonchev–Trinajstić information content (AvgIpc) is 3.20. The number of hydrogen-bond donors (Lipinski definition) is 2. The number of esters is 1. The van der Waals surface area contributed by atoms with Crippen molar-refractivity contribution in [1.29, 1.82) is 0 Å². The van der Waals surface area contributed by atoms with Crippen molar-refractivity contribution in [2.24, 2.45) is 11.8 Å². The number of carbonyl (C=O) groups is 2. The fraction of sp³-hybridized carbons (Fsp3) is 0.333. The molecule has 1 amide bonds. The van der Waals surface area contributed by atoms with Crippen molar-refractivity contribution < 1.29 is 18.7 Å². The van der Waals surface area contributed by atoms with Gasteiger partial charge < -0.3 is 15.0 Å². The zero-order valence-electron chi connectivity index (χ0n) is 22.3. The summed E-state index contributed by atoms with van der Waals surface area (Å²) in [5.41, 5.74) is 3.66. The highest BCUT2D eigenvalue weighted by atomic mass is 19.1. The lowest BCUT2D eigenvalue weighted by atomic mass is 9.96. The molecule has 0 saturated carbocycles. The van der Waals surface area contributed by atoms with E-state index in [0.717, 1.165) is 27.8 Å². The Morgan fingerprint density at radius 1 is 1.03 bits per heavy atom. The van der Waals surface area contributed by atoms with E-state index in [9.17, 15) is 14.0 Å². The number of H-pyrrole nitrogens is 1. The molecule has 0 bridgehead atoms. The Hall–Kier alpha value is -4.07. The van der Waals surface area contributed by atoms with E-state index < -0.39 is 23.4 Å². The highest BCUT2D eigenvalue weighted by Gasteiger charge is 2.32. The lowest BCUT2D eigenvalue weighted by Gasteiger charge is -2.24. The van der Waals surface area contributed by atoms with E-state index in [1.165, 1.54) is 12.1 Å². The summed E-state index contributed by atoms with van der Waals surface area (Å²) in [6.07, 6.45) is 4.34. The third-order valence-electron chi connectivity index (χ3n) is 5.96. The number of halogens is 1. The van der Waals surface area contributed by atoms with E-state index in [0.29, 0.717) is 24.3 Å². The molecule has 3 heterocycles. The molecule has 7 nitrogen and oxygen atoms in total. The Morgan fingerprint density at radius 2 is 1.71 bits per heavy atom. The van der Waals surface area contributed by atoms with Crippen LogP contribution < -0.4 is 5.32 Å². The molecule has 0 radical (unpaired) electrons. The maximum absolute atomic E-state index is 13.5. The van der Waals surface area contributed by atoms with E-state index >= 15 is 0 Å². The molecule has 3 aromatic heterocycles. The zero-order valence-corrected chi connectivity index (χ0v) is 22.3. The topological polar surface area (TPSA) is 97.0 Å². The Kier molecular flexibility index (Phi) is 7.90. The number of anilines is 1. The summed E-state index contributed by atoms with van der Waals surface area (Å²) in [5, 5.41) is 3.68. The maximum atomic E-state index is 13.5. The van der Waals surface area contributed by atoms with Gasteiger partial charge in [-0.15, -0.1) is 0 Å². The summed E-state index contributed by atoms with van der Waals surface area (Å²) in [6, 6.07) is 13.8. The summed E-state index contributed by atoms with van der Waals surface area (Å²) in [5.74, 6) is -1.79. The SMILES string of the molecule is CC(C)C[C@@H](C(=O)Nc1ccc2c(-c3ccncc3)c(Cc3ccc(F)cc3)[nH]c2n1)C(=O)OC(C)(C)C. The molecule has 1 atom stereocenters. The maximum Gasteiger partial charge on any atom is 0.319 e. The molecular weight excluding hydrogens is 483 g/mol. The second-order valence-corrected chi connectivity index (χ2v) is 10.8. The van der Waals surface area contributed by atoms with Gasteiger partial charge in [-0.2, -0.15) is 0 Å². The molecule has 4 rings (SSSR count). The summed E-state index contributed by atoms with van der Waals surface area (Å²) in [6.45, 7) is 9.24. The van der Waals surface area contributed by atoms with Crippen molar-refractivity contribution in [3.05, 3.63) is 78.0 Å². The minimum atomic E-state index is -0.947. The van der Waals surface area contributed by atoms with Gasteiger partial charge in [-0.1, -0.05) is 26.0 Å². The van der Waals surface area contributed by atoms with Crippen LogP contribution in [0.4, 0.5) is 10.2 Å². The van der Waals surface area contributed by atoms with Gasteiger partial charge in [0.15, 0.2) is 0 Å². The Bertz CT molecular complexity index is 1420. The van der Waals surface area contributed by atoms with E-state index in [2.05, 4.69) is 20.3 Å². The molecule has 0 aliphatic carbocycles. The Balaban J connectivity index is 1.67. The van der Waals surface area contributed by atoms with Crippen LogP contribution in [-0.2, 0) is 20.7 Å². The third-order valence-corrected chi connectivity index (χ3v) is 5.96. The molecule has 38 heavy (non-hydrogen) atoms. The molecule has 0 aliphatic rings. The summed E-state index contributed by atoms with van der Waals surface area (Å²) < 4.78 is 19.0. The van der Waals surface area contributed by atoms with Crippen molar-refractivity contribution in [3.8, 4) is 11.1 Å². The minimum absolute atomic E-state index is 0.119. The summed E-state index contributed by atoms with van der Waals surface area (Å²) in [7, 11) is 0. The zero-order chi connectivity index (χ0) is 27.4. The standard InChI is InChI=1S/C30H33FN4O3/c1-18(2)16-23(29(37)38-30(3,4)5)28(36)35-25-11-10-22-26(20-12-14-32-15-13-20)24(33-27(22)34-25)17-19-6-8-21(31)9-7-19/h6-15,18,23H,16-17H2,1-5H3,(H2,33,34,35,36)/t23-/m0/s1. The molecular formula is C30H33FN4O3. The number of nitrogens with one attached hydrogen (secondary N) is 2. The van der Waals surface area contributed by atoms with Crippen LogP contribution in [0.5, 0.6) is 0 Å². The van der Waals surface area contributed by atoms with Crippen LogP contribution in [0.15, 0.2) is 60.9 Å². The monoisotopic (exact) mass is 516 g/mol. The van der Waals surface area contributed by atoms with Crippen molar-refractivity contribution in [2.75, 3.05) is 5.32 Å². The number of pyridine rings is 2. The average molecular weight is 517 g/mol. The number of carbonyl (C=O) groups excluding carboxylic acids is 2. The van der Waals surface area contributed by atoms with E-state index in [1.807, 2.05) is 32.0 Å². The first kappa shape index (κ1) is 27.0. The van der Waals surface area contributed by atoms with Crippen LogP contribution >= 0.6 is 0 Å². The molecule has 2 N–H and O–H groups in total. The van der Waals surface area contributed by atoms with Crippen molar-refractivity contribution in [2.45, 2.75) is 53.1 Å². The summed E-state index contributed by atoms with van der Waals surface area (Å²) in [4.78, 5) is 38.1. The molecule has 0 saturated heterocycles. The number of nitrogens with zero attached hydrogens (tertiary/aromatic N) is 2. The first-order valence-electron chi connectivity index (χ1n) is 12.7. The van der Waals surface area contributed by atoms with Crippen molar-refractivity contribution in [1.82, 2.24) is 15.0 Å². The number of amides is 1. The van der Waals surface area contributed by atoms with Crippen LogP contribution in [0, 0.1) is 17.7 Å². The number of fused-ring (bicyclic) bond motifs is 1. The van der Waals surface area contributed by atoms with Gasteiger partial charge in [0.25, 0.3) is 0 Å². The van der Waals surface area contributed by atoms with Gasteiger partial charge >= 0.3 is 5.97 Å². The molecule has 1 aromatic carbocycles. The normalized spacial score (nSPS) is 12.5. The van der Waals surface area contributed by atoms with Gasteiger partial charge in [0.05, 0.1) is 0 Å². The second kappa shape index (κ2) is 11.1. The van der Waals surface area contributed by atoms with E-state index in [1.54, 1.807) is 51.4 Å². The van der Waals surface area contributed by atoms with Crippen molar-refractivity contribution >= 4 is 28.7 Å². The van der Waals surface area contributed by atoms with Crippen LogP contribution in [0.25, 0.3) is 22.2 Å². The lowest BCUT2D eigenvalue weighted by Crippen LogP contribution is -2.36. The third kappa shape index (κ3) is 6.62. The molecule has 0 unspecified atom stereocenters. The second-order valence-electron chi connectivity index (χ2n) is 10.8. The van der Waals surface area contributed by atoms with E-state index in [-0.39, 0.29) is 11.7 Å². The highest BCUT2D eigenvalue weighted by Crippen LogP contribution is 2.33. The van der Waals surface area contributed by atoms with Crippen LogP contribution in [0.3, 0.4) is 0 Å². The quantitative estimate of drug-likeness (QED) is 0.212. The fourth-order valence-corrected chi connectivity index (χ4v) is 4.35. The number of aromatic amines is 1. The minimum Gasteiger partial charge on any atom is -0.459 e. The first-order valence-corrected chi connectivity index (χ1v) is 12.7. The van der Waals surface area contributed by atoms with E-state index in [4.69, 9.17) is 4.74 Å². The summed E-state index contributed by atoms with van der Waals surface area (Å²) >= 11 is 0. The largest absolute Gasteiger partial charge is 0.459 e. The fourth-order valence-electron chi connectivity index (χ4n) is 4.35. The number of aromatic nitrogens is 3. The molecule has 198 valence electrons. The van der Waals surface area contributed by atoms with Gasteiger partial charge in [-0.25, -0.2) is 9.37 Å². The predicted octanol–water partition coefficient (Wildman–Crippen LogP) is 6.30. The van der Waals surface area contributed by atoms with Gasteiger partial charge in [-0.05, 0) is 80.6 Å². The Morgan fingerprint density at radius 3 is 2.34 bits per heavy atom. The van der Waals surface area contributed by atoms with Crippen molar-refractivity contribution in [3.63, 3.8) is 0 Å². The van der Waals surface area contributed by atoms with Crippen LogP contribution in [0.2, 0.25) is 0 Å². The predicted molar refractivity (Wildman–Crippen MR) is 146 cm³/mol. The van der Waals surface area contributed by atoms with Crippen LogP contribution in [-0.4, -0.2) is 32.4 Å². The molecule has 0 fully saturated rings. The Labute approximate surface area is 221 Å². The number of benzene rings is 1. The number of ether oxygens (including phenoxy) is 1. The number of rotatable bonds is 8. The molecule has 0 spiro atoms.